The molecule has 0 radical (unpaired) electrons. The van der Waals surface area contributed by atoms with Gasteiger partial charge in [0.15, 0.2) is 5.82 Å². The van der Waals surface area contributed by atoms with Crippen molar-refractivity contribution in [2.75, 3.05) is 49.7 Å². The number of nitrogens with one attached hydrogen (secondary N) is 1. The number of pyridine rings is 1. The summed E-state index contributed by atoms with van der Waals surface area (Å²) in [7, 11) is -0.845. The summed E-state index contributed by atoms with van der Waals surface area (Å²) in [4.78, 5) is 20.3. The molecular weight excluding hydrogens is 557 g/mol. The molecule has 3 rings (SSSR count). The van der Waals surface area contributed by atoms with Crippen molar-refractivity contribution in [3.05, 3.63) is 52.5 Å². The Balaban J connectivity index is 2.06. The zero-order valence-electron chi connectivity index (χ0n) is 23.8. The van der Waals surface area contributed by atoms with Crippen molar-refractivity contribution >= 4 is 39.2 Å². The van der Waals surface area contributed by atoms with Gasteiger partial charge < -0.3 is 20.7 Å². The lowest BCUT2D eigenvalue weighted by atomic mass is 10.00. The number of hydrogen-bond donors (Lipinski definition) is 2. The molecule has 1 fully saturated rings. The van der Waals surface area contributed by atoms with Crippen molar-refractivity contribution in [3.8, 4) is 0 Å². The van der Waals surface area contributed by atoms with Gasteiger partial charge in [0.2, 0.25) is 10.0 Å². The Bertz CT molecular complexity index is 1250. The highest BCUT2D eigenvalue weighted by Gasteiger charge is 2.35. The molecule has 2 unspecified atom stereocenters. The maximum absolute atomic E-state index is 13.7. The van der Waals surface area contributed by atoms with Crippen LogP contribution in [0.4, 0.5) is 16.0 Å². The molecular formula is C28H41ClFN5O4S. The largest absolute Gasteiger partial charge is 0.383 e. The van der Waals surface area contributed by atoms with Crippen LogP contribution >= 0.6 is 11.6 Å². The van der Waals surface area contributed by atoms with Gasteiger partial charge in [-0.05, 0) is 50.2 Å². The fourth-order valence-electron chi connectivity index (χ4n) is 4.44. The highest BCUT2D eigenvalue weighted by atomic mass is 35.5. The average Bonchev–Trinajstić information content (AvgIpc) is 3.64. The van der Waals surface area contributed by atoms with Crippen molar-refractivity contribution in [2.45, 2.75) is 50.9 Å². The number of sulfonamides is 1. The smallest absolute Gasteiger partial charge is 0.253 e. The van der Waals surface area contributed by atoms with Gasteiger partial charge in [0.25, 0.3) is 5.91 Å². The minimum Gasteiger partial charge on any atom is -0.383 e. The predicted octanol–water partition coefficient (Wildman–Crippen LogP) is 3.66. The van der Waals surface area contributed by atoms with Crippen LogP contribution in [-0.2, 0) is 21.2 Å². The first-order valence-electron chi connectivity index (χ1n) is 13.5. The summed E-state index contributed by atoms with van der Waals surface area (Å²) in [5.41, 5.74) is 6.97. The second kappa shape index (κ2) is 13.9. The van der Waals surface area contributed by atoms with Crippen LogP contribution in [0, 0.1) is 11.8 Å². The van der Waals surface area contributed by atoms with E-state index in [4.69, 9.17) is 22.1 Å². The molecule has 1 aromatic carbocycles. The molecule has 1 amide bonds. The lowest BCUT2D eigenvalue weighted by Gasteiger charge is -2.29. The van der Waals surface area contributed by atoms with Gasteiger partial charge in [-0.2, -0.15) is 0 Å². The van der Waals surface area contributed by atoms with Crippen molar-refractivity contribution in [3.63, 3.8) is 0 Å². The highest BCUT2D eigenvalue weighted by molar-refractivity contribution is 7.93. The molecule has 3 N–H and O–H groups in total. The zero-order chi connectivity index (χ0) is 29.6. The molecule has 222 valence electrons. The minimum absolute atomic E-state index is 0.0304. The maximum Gasteiger partial charge on any atom is 0.253 e. The van der Waals surface area contributed by atoms with Gasteiger partial charge in [-0.1, -0.05) is 48.9 Å². The third-order valence-electron chi connectivity index (χ3n) is 7.38. The van der Waals surface area contributed by atoms with E-state index >= 15 is 0 Å². The molecule has 40 heavy (non-hydrogen) atoms. The van der Waals surface area contributed by atoms with E-state index in [2.05, 4.69) is 17.2 Å². The molecule has 1 aliphatic carbocycles. The quantitative estimate of drug-likeness (QED) is 0.322. The van der Waals surface area contributed by atoms with Gasteiger partial charge in [0.05, 0.1) is 34.5 Å². The number of anilines is 2. The SMILES string of the molecule is COCCN(CC1CC1C)c1cc(C(=O)N[C@@H](Cc2ccccc2)[C@@H](N)CF)c(Cl)c(N(C)S(=O)(=O)C(C)C)n1. The topological polar surface area (TPSA) is 118 Å². The molecule has 0 aliphatic heterocycles. The number of alkyl halides is 1. The van der Waals surface area contributed by atoms with E-state index in [0.29, 0.717) is 43.8 Å². The van der Waals surface area contributed by atoms with Crippen molar-refractivity contribution < 1.29 is 22.3 Å². The monoisotopic (exact) mass is 597 g/mol. The molecule has 0 saturated heterocycles. The van der Waals surface area contributed by atoms with Gasteiger partial charge in [-0.15, -0.1) is 0 Å². The van der Waals surface area contributed by atoms with Crippen molar-refractivity contribution in [1.82, 2.24) is 10.3 Å². The predicted molar refractivity (Wildman–Crippen MR) is 158 cm³/mol. The van der Waals surface area contributed by atoms with Crippen LogP contribution in [0.15, 0.2) is 36.4 Å². The summed E-state index contributed by atoms with van der Waals surface area (Å²) in [5.74, 6) is 0.760. The Kier molecular flexibility index (Phi) is 11.2. The average molecular weight is 598 g/mol. The minimum atomic E-state index is -3.81. The summed E-state index contributed by atoms with van der Waals surface area (Å²) < 4.78 is 46.2. The van der Waals surface area contributed by atoms with E-state index in [0.717, 1.165) is 16.3 Å². The number of ether oxygens (including phenoxy) is 1. The second-order valence-electron chi connectivity index (χ2n) is 10.7. The van der Waals surface area contributed by atoms with E-state index in [9.17, 15) is 17.6 Å². The number of carbonyl (C=O) groups excluding carboxylic acids is 1. The lowest BCUT2D eigenvalue weighted by molar-refractivity contribution is 0.0928. The molecule has 9 nitrogen and oxygen atoms in total. The molecule has 1 aliphatic rings. The van der Waals surface area contributed by atoms with Crippen LogP contribution in [0.3, 0.4) is 0 Å². The second-order valence-corrected chi connectivity index (χ2v) is 13.6. The third kappa shape index (κ3) is 7.84. The molecule has 12 heteroatoms. The summed E-state index contributed by atoms with van der Waals surface area (Å²) >= 11 is 6.71. The number of amides is 1. The van der Waals surface area contributed by atoms with Crippen LogP contribution in [0.25, 0.3) is 0 Å². The third-order valence-corrected chi connectivity index (χ3v) is 9.88. The van der Waals surface area contributed by atoms with E-state index in [1.165, 1.54) is 7.05 Å². The van der Waals surface area contributed by atoms with Gasteiger partial charge in [-0.25, -0.2) is 17.8 Å². The molecule has 1 aromatic heterocycles. The van der Waals surface area contributed by atoms with Crippen LogP contribution in [0.5, 0.6) is 0 Å². The van der Waals surface area contributed by atoms with E-state index < -0.39 is 39.9 Å². The van der Waals surface area contributed by atoms with E-state index in [1.54, 1.807) is 27.0 Å². The first kappa shape index (κ1) is 32.0. The number of nitrogens with zero attached hydrogens (tertiary/aromatic N) is 3. The number of halogens is 2. The Morgan fingerprint density at radius 2 is 1.95 bits per heavy atom. The number of methoxy groups -OCH3 is 1. The Morgan fingerprint density at radius 1 is 1.30 bits per heavy atom. The Labute approximate surface area is 242 Å². The van der Waals surface area contributed by atoms with Gasteiger partial charge in [0.1, 0.15) is 12.5 Å². The van der Waals surface area contributed by atoms with Gasteiger partial charge >= 0.3 is 0 Å². The Hall–Kier alpha value is -2.47. The summed E-state index contributed by atoms with van der Waals surface area (Å²) in [6.07, 6.45) is 1.38. The zero-order valence-corrected chi connectivity index (χ0v) is 25.4. The summed E-state index contributed by atoms with van der Waals surface area (Å²) in [6.45, 7) is 6.02. The fourth-order valence-corrected chi connectivity index (χ4v) is 5.81. The summed E-state index contributed by atoms with van der Waals surface area (Å²) in [5, 5.41) is 1.98. The number of aromatic nitrogens is 1. The Morgan fingerprint density at radius 3 is 2.50 bits per heavy atom. The van der Waals surface area contributed by atoms with E-state index in [1.807, 2.05) is 35.2 Å². The lowest BCUT2D eigenvalue weighted by Crippen LogP contribution is -2.50. The molecule has 2 aromatic rings. The van der Waals surface area contributed by atoms with Crippen LogP contribution in [0.2, 0.25) is 5.02 Å². The van der Waals surface area contributed by atoms with Crippen LogP contribution < -0.4 is 20.3 Å². The van der Waals surface area contributed by atoms with Crippen LogP contribution in [-0.4, -0.2) is 77.2 Å². The number of hydrogen-bond acceptors (Lipinski definition) is 7. The summed E-state index contributed by atoms with van der Waals surface area (Å²) in [6, 6.07) is 9.19. The molecule has 0 spiro atoms. The highest BCUT2D eigenvalue weighted by Crippen LogP contribution is 2.40. The van der Waals surface area contributed by atoms with Crippen molar-refractivity contribution in [1.29, 1.82) is 0 Å². The molecule has 1 heterocycles. The van der Waals surface area contributed by atoms with Gasteiger partial charge in [-0.3, -0.25) is 9.10 Å². The number of carbonyl (C=O) groups is 1. The molecule has 4 atom stereocenters. The van der Waals surface area contributed by atoms with E-state index in [-0.39, 0.29) is 16.4 Å². The maximum atomic E-state index is 13.7. The number of rotatable bonds is 15. The number of benzene rings is 1. The van der Waals surface area contributed by atoms with Crippen molar-refractivity contribution in [2.24, 2.45) is 17.6 Å². The normalized spacial score (nSPS) is 18.3. The standard InChI is InChI=1S/C28H41ClFN5O4S/c1-18(2)40(37,38)34(4)27-26(29)22(15-25(33-27)35(11-12-39-5)17-21-13-19(21)3)28(36)32-24(23(31)16-30)14-20-9-7-6-8-10-20/h6-10,15,18-19,21,23-24H,11-14,16-17,31H2,1-5H3,(H,32,36)/t19?,21?,23-,24-/m0/s1. The molecule has 0 bridgehead atoms. The number of nitrogens with two attached hydrogens (primary N) is 1. The first-order valence-corrected chi connectivity index (χ1v) is 15.4. The van der Waals surface area contributed by atoms with Gasteiger partial charge in [0, 0.05) is 27.2 Å². The molecule has 1 saturated carbocycles. The fraction of sp³-hybridized carbons (Fsp3) is 0.571. The first-order chi connectivity index (χ1) is 18.9. The van der Waals surface area contributed by atoms with Crippen LogP contribution in [0.1, 0.15) is 43.1 Å².